The quantitative estimate of drug-likeness (QED) is 0.817. The van der Waals surface area contributed by atoms with Crippen molar-refractivity contribution in [1.82, 2.24) is 14.9 Å². The topological polar surface area (TPSA) is 91.7 Å². The van der Waals surface area contributed by atoms with E-state index in [4.69, 9.17) is 4.42 Å². The normalized spacial score (nSPS) is 25.1. The molecule has 1 fully saturated rings. The van der Waals surface area contributed by atoms with Gasteiger partial charge in [-0.25, -0.2) is 17.9 Å². The van der Waals surface area contributed by atoms with Crippen LogP contribution in [0.1, 0.15) is 62.7 Å². The molecular formula is C19H31N3O4S. The predicted octanol–water partition coefficient (Wildman–Crippen LogP) is 2.71. The lowest BCUT2D eigenvalue weighted by Crippen LogP contribution is -2.53. The molecular weight excluding hydrogens is 366 g/mol. The highest BCUT2D eigenvalue weighted by atomic mass is 32.2. The summed E-state index contributed by atoms with van der Waals surface area (Å²) in [6.45, 7) is 7.22. The van der Waals surface area contributed by atoms with Gasteiger partial charge in [0.25, 0.3) is 0 Å². The number of aryl methyl sites for hydroxylation is 1. The van der Waals surface area contributed by atoms with Gasteiger partial charge in [0.15, 0.2) is 0 Å². The Labute approximate surface area is 161 Å². The third kappa shape index (κ3) is 5.04. The van der Waals surface area contributed by atoms with Crippen LogP contribution in [0.2, 0.25) is 0 Å². The molecule has 152 valence electrons. The first-order chi connectivity index (χ1) is 12.5. The van der Waals surface area contributed by atoms with Crippen LogP contribution in [0.4, 0.5) is 4.79 Å². The number of likely N-dealkylation sites (tertiary alicyclic amines) is 1. The van der Waals surface area contributed by atoms with E-state index in [0.717, 1.165) is 55.4 Å². The second-order valence-electron chi connectivity index (χ2n) is 8.75. The first-order valence-corrected chi connectivity index (χ1v) is 11.5. The second kappa shape index (κ2) is 7.47. The predicted molar refractivity (Wildman–Crippen MR) is 104 cm³/mol. The number of hydrogen-bond acceptors (Lipinski definition) is 4. The minimum atomic E-state index is -3.27. The summed E-state index contributed by atoms with van der Waals surface area (Å²) in [5.41, 5.74) is 1.12. The van der Waals surface area contributed by atoms with E-state index in [2.05, 4.69) is 23.9 Å². The maximum Gasteiger partial charge on any atom is 0.318 e. The summed E-state index contributed by atoms with van der Waals surface area (Å²) in [4.78, 5) is 14.8. The Balaban J connectivity index is 1.73. The number of carbonyl (C=O) groups excluding carboxylic acids is 1. The van der Waals surface area contributed by atoms with Crippen LogP contribution in [0, 0.1) is 12.3 Å². The van der Waals surface area contributed by atoms with Gasteiger partial charge in [-0.05, 0) is 44.1 Å². The zero-order valence-corrected chi connectivity index (χ0v) is 17.5. The van der Waals surface area contributed by atoms with Gasteiger partial charge in [-0.2, -0.15) is 0 Å². The Morgan fingerprint density at radius 2 is 2.11 bits per heavy atom. The van der Waals surface area contributed by atoms with Crippen LogP contribution in [0.15, 0.2) is 10.5 Å². The van der Waals surface area contributed by atoms with Gasteiger partial charge in [0.05, 0.1) is 12.3 Å². The molecule has 2 heterocycles. The summed E-state index contributed by atoms with van der Waals surface area (Å²) < 4.78 is 31.3. The molecule has 7 nitrogen and oxygen atoms in total. The Morgan fingerprint density at radius 1 is 1.37 bits per heavy atom. The van der Waals surface area contributed by atoms with E-state index in [0.29, 0.717) is 6.54 Å². The fourth-order valence-corrected chi connectivity index (χ4v) is 4.77. The van der Waals surface area contributed by atoms with Crippen molar-refractivity contribution in [3.05, 3.63) is 23.2 Å². The molecule has 1 aliphatic heterocycles. The second-order valence-corrected chi connectivity index (χ2v) is 10.6. The van der Waals surface area contributed by atoms with E-state index in [1.54, 1.807) is 4.90 Å². The van der Waals surface area contributed by atoms with Gasteiger partial charge in [-0.3, -0.25) is 0 Å². The minimum absolute atomic E-state index is 0.0500. The van der Waals surface area contributed by atoms with Crippen molar-refractivity contribution < 1.29 is 17.6 Å². The zero-order valence-electron chi connectivity index (χ0n) is 16.7. The first-order valence-electron chi connectivity index (χ1n) is 9.65. The molecule has 2 amide bonds. The molecule has 2 unspecified atom stereocenters. The number of sulfonamides is 1. The Hall–Kier alpha value is -1.54. The molecule has 0 bridgehead atoms. The summed E-state index contributed by atoms with van der Waals surface area (Å²) in [6, 6.07) is 1.70. The van der Waals surface area contributed by atoms with Crippen LogP contribution < -0.4 is 10.0 Å². The number of carbonyl (C=O) groups is 1. The van der Waals surface area contributed by atoms with Gasteiger partial charge in [-0.15, -0.1) is 0 Å². The van der Waals surface area contributed by atoms with Gasteiger partial charge in [0, 0.05) is 31.1 Å². The number of amides is 2. The molecule has 2 N–H and O–H groups in total. The maximum absolute atomic E-state index is 13.0. The SMILES string of the molecule is Cc1cc2c(o1)CC(C)(C)CC2NC(=O)N1CCCCC1CNS(C)(=O)=O. The molecule has 27 heavy (non-hydrogen) atoms. The van der Waals surface area contributed by atoms with Crippen molar-refractivity contribution in [3.63, 3.8) is 0 Å². The summed E-state index contributed by atoms with van der Waals surface area (Å²) >= 11 is 0. The Kier molecular flexibility index (Phi) is 5.59. The molecule has 1 saturated heterocycles. The number of piperidine rings is 1. The van der Waals surface area contributed by atoms with Crippen LogP contribution in [0.25, 0.3) is 0 Å². The van der Waals surface area contributed by atoms with Crippen LogP contribution >= 0.6 is 0 Å². The number of furan rings is 1. The van der Waals surface area contributed by atoms with Crippen LogP contribution in [0.3, 0.4) is 0 Å². The molecule has 1 aromatic rings. The van der Waals surface area contributed by atoms with Crippen molar-refractivity contribution >= 4 is 16.1 Å². The van der Waals surface area contributed by atoms with E-state index in [-0.39, 0.29) is 30.1 Å². The van der Waals surface area contributed by atoms with Gasteiger partial charge >= 0.3 is 6.03 Å². The molecule has 0 aromatic carbocycles. The lowest BCUT2D eigenvalue weighted by atomic mass is 9.75. The fraction of sp³-hybridized carbons (Fsp3) is 0.737. The molecule has 2 aliphatic rings. The number of hydrogen-bond donors (Lipinski definition) is 2. The molecule has 1 aliphatic carbocycles. The molecule has 1 aromatic heterocycles. The number of urea groups is 1. The molecule has 8 heteroatoms. The lowest BCUT2D eigenvalue weighted by molar-refractivity contribution is 0.143. The van der Waals surface area contributed by atoms with E-state index in [1.165, 1.54) is 0 Å². The smallest absolute Gasteiger partial charge is 0.318 e. The molecule has 3 rings (SSSR count). The Bertz CT molecular complexity index is 800. The average molecular weight is 398 g/mol. The number of nitrogens with one attached hydrogen (secondary N) is 2. The maximum atomic E-state index is 13.0. The summed E-state index contributed by atoms with van der Waals surface area (Å²) in [5, 5.41) is 3.19. The van der Waals surface area contributed by atoms with Crippen molar-refractivity contribution in [3.8, 4) is 0 Å². The van der Waals surface area contributed by atoms with E-state index >= 15 is 0 Å². The number of rotatable bonds is 4. The monoisotopic (exact) mass is 397 g/mol. The first kappa shape index (κ1) is 20.2. The number of nitrogens with zero attached hydrogens (tertiary/aromatic N) is 1. The third-order valence-corrected chi connectivity index (χ3v) is 6.19. The van der Waals surface area contributed by atoms with Crippen molar-refractivity contribution in [2.75, 3.05) is 19.3 Å². The van der Waals surface area contributed by atoms with Crippen molar-refractivity contribution in [2.45, 2.75) is 65.0 Å². The van der Waals surface area contributed by atoms with E-state index in [1.807, 2.05) is 13.0 Å². The van der Waals surface area contributed by atoms with E-state index < -0.39 is 10.0 Å². The largest absolute Gasteiger partial charge is 0.466 e. The summed E-state index contributed by atoms with van der Waals surface area (Å²) in [5.74, 6) is 1.83. The van der Waals surface area contributed by atoms with Crippen molar-refractivity contribution in [1.29, 1.82) is 0 Å². The fourth-order valence-electron chi connectivity index (χ4n) is 4.27. The highest BCUT2D eigenvalue weighted by molar-refractivity contribution is 7.88. The number of fused-ring (bicyclic) bond motifs is 1. The van der Waals surface area contributed by atoms with Crippen molar-refractivity contribution in [2.24, 2.45) is 5.41 Å². The lowest BCUT2D eigenvalue weighted by Gasteiger charge is -2.39. The highest BCUT2D eigenvalue weighted by Crippen LogP contribution is 2.42. The molecule has 0 spiro atoms. The van der Waals surface area contributed by atoms with Gasteiger partial charge in [0.2, 0.25) is 10.0 Å². The standard InChI is InChI=1S/C19H31N3O4S/c1-13-9-15-16(10-19(2,3)11-17(15)26-13)21-18(23)22-8-6-5-7-14(22)12-20-27(4,24)25/h9,14,16,20H,5-8,10-12H2,1-4H3,(H,21,23). The van der Waals surface area contributed by atoms with Crippen LogP contribution in [0.5, 0.6) is 0 Å². The molecule has 0 radical (unpaired) electrons. The van der Waals surface area contributed by atoms with Gasteiger partial charge in [0.1, 0.15) is 11.5 Å². The summed E-state index contributed by atoms with van der Waals surface area (Å²) in [6.07, 6.45) is 5.61. The van der Waals surface area contributed by atoms with Gasteiger partial charge in [-0.1, -0.05) is 13.8 Å². The molecule has 0 saturated carbocycles. The average Bonchev–Trinajstić information content (AvgIpc) is 2.91. The third-order valence-electron chi connectivity index (χ3n) is 5.50. The van der Waals surface area contributed by atoms with E-state index in [9.17, 15) is 13.2 Å². The summed E-state index contributed by atoms with van der Waals surface area (Å²) in [7, 11) is -3.27. The van der Waals surface area contributed by atoms with Gasteiger partial charge < -0.3 is 14.6 Å². The highest BCUT2D eigenvalue weighted by Gasteiger charge is 2.37. The Morgan fingerprint density at radius 3 is 2.81 bits per heavy atom. The van der Waals surface area contributed by atoms with Crippen LogP contribution in [-0.4, -0.2) is 44.7 Å². The zero-order chi connectivity index (χ0) is 19.8. The minimum Gasteiger partial charge on any atom is -0.466 e. The molecule has 2 atom stereocenters. The van der Waals surface area contributed by atoms with Crippen LogP contribution in [-0.2, 0) is 16.4 Å².